The highest BCUT2D eigenvalue weighted by atomic mass is 16.5. The van der Waals surface area contributed by atoms with Gasteiger partial charge in [-0.1, -0.05) is 12.1 Å². The zero-order valence-corrected chi connectivity index (χ0v) is 14.1. The molecule has 6 nitrogen and oxygen atoms in total. The molecule has 1 aromatic heterocycles. The van der Waals surface area contributed by atoms with Crippen LogP contribution in [0, 0.1) is 0 Å². The maximum absolute atomic E-state index is 11.2. The summed E-state index contributed by atoms with van der Waals surface area (Å²) in [6.07, 6.45) is 3.64. The van der Waals surface area contributed by atoms with Crippen LogP contribution in [0.3, 0.4) is 0 Å². The minimum Gasteiger partial charge on any atom is -0.497 e. The molecule has 128 valence electrons. The van der Waals surface area contributed by atoms with Crippen LogP contribution in [0.1, 0.15) is 31.2 Å². The lowest BCUT2D eigenvalue weighted by molar-refractivity contribution is -0.0261. The Morgan fingerprint density at radius 2 is 2.08 bits per heavy atom. The highest BCUT2D eigenvalue weighted by Crippen LogP contribution is 2.35. The second kappa shape index (κ2) is 6.75. The van der Waals surface area contributed by atoms with Crippen LogP contribution in [-0.2, 0) is 12.1 Å². The molecule has 0 amide bonds. The first-order chi connectivity index (χ1) is 11.5. The van der Waals surface area contributed by atoms with Crippen LogP contribution in [0.2, 0.25) is 0 Å². The Morgan fingerprint density at radius 1 is 1.33 bits per heavy atom. The van der Waals surface area contributed by atoms with Gasteiger partial charge in [-0.25, -0.2) is 9.97 Å². The summed E-state index contributed by atoms with van der Waals surface area (Å²) in [6, 6.07) is 9.29. The van der Waals surface area contributed by atoms with E-state index in [2.05, 4.69) is 14.9 Å². The van der Waals surface area contributed by atoms with Crippen molar-refractivity contribution in [1.82, 2.24) is 14.9 Å². The number of benzene rings is 1. The lowest BCUT2D eigenvalue weighted by Gasteiger charge is -2.36. The van der Waals surface area contributed by atoms with Crippen LogP contribution in [-0.4, -0.2) is 39.7 Å². The van der Waals surface area contributed by atoms with Crippen molar-refractivity contribution in [1.29, 1.82) is 0 Å². The molecule has 2 unspecified atom stereocenters. The number of aliphatic hydroxyl groups is 1. The Morgan fingerprint density at radius 3 is 2.75 bits per heavy atom. The molecular formula is C18H24N4O2. The minimum absolute atomic E-state index is 0.0101. The second-order valence-electron chi connectivity index (χ2n) is 6.40. The lowest BCUT2D eigenvalue weighted by Crippen LogP contribution is -2.45. The largest absolute Gasteiger partial charge is 0.497 e. The smallest absolute Gasteiger partial charge is 0.144 e. The van der Waals surface area contributed by atoms with E-state index in [1.165, 1.54) is 0 Å². The minimum atomic E-state index is -0.955. The molecule has 2 aromatic rings. The molecule has 2 atom stereocenters. The molecule has 1 aliphatic heterocycles. The van der Waals surface area contributed by atoms with E-state index in [1.54, 1.807) is 19.4 Å². The first-order valence-corrected chi connectivity index (χ1v) is 8.19. The zero-order valence-electron chi connectivity index (χ0n) is 14.1. The molecule has 3 rings (SSSR count). The zero-order chi connectivity index (χ0) is 17.2. The van der Waals surface area contributed by atoms with E-state index in [1.807, 2.05) is 31.2 Å². The van der Waals surface area contributed by atoms with Gasteiger partial charge in [-0.15, -0.1) is 0 Å². The number of methoxy groups -OCH3 is 1. The predicted octanol–water partition coefficient (Wildman–Crippen LogP) is 1.94. The van der Waals surface area contributed by atoms with Crippen molar-refractivity contribution >= 4 is 5.82 Å². The van der Waals surface area contributed by atoms with Gasteiger partial charge in [-0.3, -0.25) is 4.90 Å². The van der Waals surface area contributed by atoms with Crippen molar-refractivity contribution in [2.45, 2.75) is 38.0 Å². The van der Waals surface area contributed by atoms with Crippen molar-refractivity contribution in [3.63, 3.8) is 0 Å². The topological polar surface area (TPSA) is 84.5 Å². The summed E-state index contributed by atoms with van der Waals surface area (Å²) >= 11 is 0. The molecule has 0 aliphatic carbocycles. The Hall–Kier alpha value is -2.18. The molecule has 1 aromatic carbocycles. The van der Waals surface area contributed by atoms with E-state index >= 15 is 0 Å². The fourth-order valence-corrected chi connectivity index (χ4v) is 3.45. The SMILES string of the molecule is COc1ccc(C(C)(O)C2CCCN2Cc2nccc(N)n2)cc1. The molecule has 1 saturated heterocycles. The van der Waals surface area contributed by atoms with Gasteiger partial charge in [0.2, 0.25) is 0 Å². The van der Waals surface area contributed by atoms with Crippen molar-refractivity contribution < 1.29 is 9.84 Å². The van der Waals surface area contributed by atoms with E-state index in [9.17, 15) is 5.11 Å². The highest BCUT2D eigenvalue weighted by molar-refractivity contribution is 5.32. The third-order valence-electron chi connectivity index (χ3n) is 4.76. The fourth-order valence-electron chi connectivity index (χ4n) is 3.45. The lowest BCUT2D eigenvalue weighted by atomic mass is 9.86. The number of nitrogen functional groups attached to an aromatic ring is 1. The van der Waals surface area contributed by atoms with Gasteiger partial charge < -0.3 is 15.6 Å². The van der Waals surface area contributed by atoms with E-state index in [-0.39, 0.29) is 6.04 Å². The summed E-state index contributed by atoms with van der Waals surface area (Å²) in [5.74, 6) is 1.94. The molecule has 6 heteroatoms. The Kier molecular flexibility index (Phi) is 4.69. The summed E-state index contributed by atoms with van der Waals surface area (Å²) in [6.45, 7) is 3.37. The number of nitrogens with zero attached hydrogens (tertiary/aromatic N) is 3. The molecule has 1 fully saturated rings. The number of nitrogens with two attached hydrogens (primary N) is 1. The molecule has 0 radical (unpaired) electrons. The van der Waals surface area contributed by atoms with Crippen LogP contribution < -0.4 is 10.5 Å². The summed E-state index contributed by atoms with van der Waals surface area (Å²) in [4.78, 5) is 10.8. The van der Waals surface area contributed by atoms with Gasteiger partial charge in [-0.2, -0.15) is 0 Å². The normalized spacial score (nSPS) is 20.7. The Bertz CT molecular complexity index is 688. The van der Waals surface area contributed by atoms with Crippen LogP contribution >= 0.6 is 0 Å². The van der Waals surface area contributed by atoms with Gasteiger partial charge >= 0.3 is 0 Å². The molecule has 0 bridgehead atoms. The van der Waals surface area contributed by atoms with Crippen LogP contribution in [0.5, 0.6) is 5.75 Å². The summed E-state index contributed by atoms with van der Waals surface area (Å²) < 4.78 is 5.20. The number of likely N-dealkylation sites (tertiary alicyclic amines) is 1. The third kappa shape index (κ3) is 3.34. The number of hydrogen-bond acceptors (Lipinski definition) is 6. The van der Waals surface area contributed by atoms with E-state index in [0.717, 1.165) is 30.7 Å². The maximum Gasteiger partial charge on any atom is 0.144 e. The number of aromatic nitrogens is 2. The van der Waals surface area contributed by atoms with Crippen molar-refractivity contribution in [2.24, 2.45) is 0 Å². The highest BCUT2D eigenvalue weighted by Gasteiger charge is 2.40. The van der Waals surface area contributed by atoms with Gasteiger partial charge in [0.05, 0.1) is 13.7 Å². The molecular weight excluding hydrogens is 304 g/mol. The quantitative estimate of drug-likeness (QED) is 0.872. The van der Waals surface area contributed by atoms with Gasteiger partial charge in [0, 0.05) is 12.2 Å². The van der Waals surface area contributed by atoms with Crippen molar-refractivity contribution in [3.05, 3.63) is 47.9 Å². The fraction of sp³-hybridized carbons (Fsp3) is 0.444. The number of hydrogen-bond donors (Lipinski definition) is 2. The number of ether oxygens (including phenoxy) is 1. The first-order valence-electron chi connectivity index (χ1n) is 8.19. The van der Waals surface area contributed by atoms with Crippen molar-refractivity contribution in [2.75, 3.05) is 19.4 Å². The molecule has 3 N–H and O–H groups in total. The summed E-state index contributed by atoms with van der Waals surface area (Å²) in [5, 5.41) is 11.2. The predicted molar refractivity (Wildman–Crippen MR) is 92.4 cm³/mol. The Balaban J connectivity index is 1.80. The van der Waals surface area contributed by atoms with Gasteiger partial charge in [0.15, 0.2) is 0 Å². The van der Waals surface area contributed by atoms with E-state index in [4.69, 9.17) is 10.5 Å². The van der Waals surface area contributed by atoms with E-state index < -0.39 is 5.60 Å². The van der Waals surface area contributed by atoms with Crippen LogP contribution in [0.25, 0.3) is 0 Å². The molecule has 1 aliphatic rings. The maximum atomic E-state index is 11.2. The molecule has 2 heterocycles. The van der Waals surface area contributed by atoms with Gasteiger partial charge in [0.1, 0.15) is 23.0 Å². The standard InChI is InChI=1S/C18H24N4O2/c1-18(23,13-5-7-14(24-2)8-6-13)15-4-3-11-22(15)12-17-20-10-9-16(19)21-17/h5-10,15,23H,3-4,11-12H2,1-2H3,(H2,19,20,21). The Labute approximate surface area is 142 Å². The average molecular weight is 328 g/mol. The van der Waals surface area contributed by atoms with Gasteiger partial charge in [0.25, 0.3) is 0 Å². The van der Waals surface area contributed by atoms with Crippen molar-refractivity contribution in [3.8, 4) is 5.75 Å². The van der Waals surface area contributed by atoms with Crippen LogP contribution in [0.4, 0.5) is 5.82 Å². The molecule has 0 saturated carbocycles. The first kappa shape index (κ1) is 16.7. The second-order valence-corrected chi connectivity index (χ2v) is 6.40. The average Bonchev–Trinajstić information content (AvgIpc) is 3.04. The monoisotopic (exact) mass is 328 g/mol. The summed E-state index contributed by atoms with van der Waals surface area (Å²) in [7, 11) is 1.64. The van der Waals surface area contributed by atoms with Gasteiger partial charge in [-0.05, 0) is 50.1 Å². The number of anilines is 1. The van der Waals surface area contributed by atoms with E-state index in [0.29, 0.717) is 18.2 Å². The number of rotatable bonds is 5. The summed E-state index contributed by atoms with van der Waals surface area (Å²) in [5.41, 5.74) is 5.67. The molecule has 0 spiro atoms. The molecule has 24 heavy (non-hydrogen) atoms. The third-order valence-corrected chi connectivity index (χ3v) is 4.76. The van der Waals surface area contributed by atoms with Crippen LogP contribution in [0.15, 0.2) is 36.5 Å².